The van der Waals surface area contributed by atoms with Gasteiger partial charge in [0.1, 0.15) is 0 Å². The zero-order valence-electron chi connectivity index (χ0n) is 6.33. The van der Waals surface area contributed by atoms with Crippen molar-refractivity contribution in [2.45, 2.75) is 0 Å². The SMILES string of the molecule is C=C.CO.c1ccccc1. The van der Waals surface area contributed by atoms with Gasteiger partial charge in [-0.2, -0.15) is 0 Å². The second-order valence-electron chi connectivity index (χ2n) is 1.15. The molecule has 56 valence electrons. The van der Waals surface area contributed by atoms with Crippen LogP contribution in [0.1, 0.15) is 0 Å². The van der Waals surface area contributed by atoms with Crippen molar-refractivity contribution in [3.8, 4) is 0 Å². The minimum absolute atomic E-state index is 1.00. The molecule has 1 N–H and O–H groups in total. The number of benzene rings is 1. The highest BCUT2D eigenvalue weighted by Gasteiger charge is 1.57. The summed E-state index contributed by atoms with van der Waals surface area (Å²) in [5.74, 6) is 0. The summed E-state index contributed by atoms with van der Waals surface area (Å²) in [6.45, 7) is 6.00. The number of aliphatic hydroxyl groups excluding tert-OH is 1. The molecule has 0 saturated carbocycles. The molecule has 0 aliphatic carbocycles. The van der Waals surface area contributed by atoms with Gasteiger partial charge in [-0.1, -0.05) is 36.4 Å². The Morgan fingerprint density at radius 2 is 0.800 bits per heavy atom. The molecule has 0 spiro atoms. The van der Waals surface area contributed by atoms with Crippen molar-refractivity contribution in [2.75, 3.05) is 7.11 Å². The highest BCUT2D eigenvalue weighted by Crippen LogP contribution is 1.79. The molecule has 0 radical (unpaired) electrons. The molecule has 0 aliphatic rings. The van der Waals surface area contributed by atoms with E-state index in [1.807, 2.05) is 36.4 Å². The molecule has 0 unspecified atom stereocenters. The maximum absolute atomic E-state index is 7.00. The van der Waals surface area contributed by atoms with E-state index in [2.05, 4.69) is 13.2 Å². The lowest BCUT2D eigenvalue weighted by Crippen LogP contribution is -1.47. The molecular weight excluding hydrogens is 124 g/mol. The first-order valence-corrected chi connectivity index (χ1v) is 2.95. The lowest BCUT2D eigenvalue weighted by Gasteiger charge is -1.69. The third kappa shape index (κ3) is 10.0. The van der Waals surface area contributed by atoms with E-state index in [0.29, 0.717) is 0 Å². The summed E-state index contributed by atoms with van der Waals surface area (Å²) in [6, 6.07) is 12.0. The van der Waals surface area contributed by atoms with Crippen molar-refractivity contribution in [3.05, 3.63) is 49.6 Å². The van der Waals surface area contributed by atoms with Gasteiger partial charge in [0.2, 0.25) is 0 Å². The molecule has 0 aromatic heterocycles. The first-order chi connectivity index (χ1) is 5.00. The van der Waals surface area contributed by atoms with Crippen molar-refractivity contribution < 1.29 is 5.11 Å². The highest BCUT2D eigenvalue weighted by atomic mass is 16.2. The van der Waals surface area contributed by atoms with Crippen LogP contribution >= 0.6 is 0 Å². The van der Waals surface area contributed by atoms with Gasteiger partial charge in [0.15, 0.2) is 0 Å². The second-order valence-corrected chi connectivity index (χ2v) is 1.15. The maximum Gasteiger partial charge on any atom is 0.0319 e. The Labute approximate surface area is 62.6 Å². The first-order valence-electron chi connectivity index (χ1n) is 2.95. The average molecular weight is 138 g/mol. The number of hydrogen-bond acceptors (Lipinski definition) is 1. The van der Waals surface area contributed by atoms with E-state index in [1.54, 1.807) is 0 Å². The highest BCUT2D eigenvalue weighted by molar-refractivity contribution is 4.99. The zero-order chi connectivity index (χ0) is 8.24. The monoisotopic (exact) mass is 138 g/mol. The summed E-state index contributed by atoms with van der Waals surface area (Å²) >= 11 is 0. The molecule has 10 heavy (non-hydrogen) atoms. The summed E-state index contributed by atoms with van der Waals surface area (Å²) in [7, 11) is 1.00. The molecular formula is C9H14O. The van der Waals surface area contributed by atoms with Crippen LogP contribution in [0.3, 0.4) is 0 Å². The molecule has 1 aromatic carbocycles. The van der Waals surface area contributed by atoms with Crippen LogP contribution in [0.5, 0.6) is 0 Å². The van der Waals surface area contributed by atoms with E-state index in [1.165, 1.54) is 0 Å². The molecule has 0 heterocycles. The van der Waals surface area contributed by atoms with Crippen LogP contribution < -0.4 is 0 Å². The number of aliphatic hydroxyl groups is 1. The van der Waals surface area contributed by atoms with Crippen LogP contribution in [0.2, 0.25) is 0 Å². The van der Waals surface area contributed by atoms with Crippen LogP contribution in [0, 0.1) is 0 Å². The molecule has 1 aromatic rings. The molecule has 1 nitrogen and oxygen atoms in total. The molecule has 0 fully saturated rings. The maximum atomic E-state index is 7.00. The van der Waals surface area contributed by atoms with Gasteiger partial charge in [-0.25, -0.2) is 0 Å². The van der Waals surface area contributed by atoms with Gasteiger partial charge in [-0.05, 0) is 0 Å². The lowest BCUT2D eigenvalue weighted by atomic mass is 10.4. The van der Waals surface area contributed by atoms with Gasteiger partial charge >= 0.3 is 0 Å². The molecule has 1 heteroatoms. The summed E-state index contributed by atoms with van der Waals surface area (Å²) in [6.07, 6.45) is 0. The Morgan fingerprint density at radius 3 is 0.900 bits per heavy atom. The average Bonchev–Trinajstić information content (AvgIpc) is 2.14. The second kappa shape index (κ2) is 15.7. The molecule has 0 atom stereocenters. The molecule has 0 amide bonds. The predicted octanol–water partition coefficient (Wildman–Crippen LogP) is 2.10. The van der Waals surface area contributed by atoms with E-state index in [9.17, 15) is 0 Å². The predicted molar refractivity (Wildman–Crippen MR) is 45.8 cm³/mol. The minimum Gasteiger partial charge on any atom is -0.400 e. The number of rotatable bonds is 0. The van der Waals surface area contributed by atoms with Gasteiger partial charge < -0.3 is 5.11 Å². The molecule has 0 bridgehead atoms. The summed E-state index contributed by atoms with van der Waals surface area (Å²) in [5.41, 5.74) is 0. The minimum atomic E-state index is 1.00. The Balaban J connectivity index is 0. The fourth-order valence-electron chi connectivity index (χ4n) is 0.385. The third-order valence-electron chi connectivity index (χ3n) is 0.667. The summed E-state index contributed by atoms with van der Waals surface area (Å²) in [4.78, 5) is 0. The van der Waals surface area contributed by atoms with E-state index < -0.39 is 0 Å². The van der Waals surface area contributed by atoms with Gasteiger partial charge in [0.25, 0.3) is 0 Å². The van der Waals surface area contributed by atoms with Crippen molar-refractivity contribution in [3.63, 3.8) is 0 Å². The van der Waals surface area contributed by atoms with Crippen molar-refractivity contribution in [2.24, 2.45) is 0 Å². The standard InChI is InChI=1S/C6H6.C2H4.CH4O/c1-2-4-6-5-3-1;2*1-2/h1-6H;1-2H2;2H,1H3. The fourth-order valence-corrected chi connectivity index (χ4v) is 0.385. The molecule has 0 saturated heterocycles. The van der Waals surface area contributed by atoms with Crippen molar-refractivity contribution in [1.82, 2.24) is 0 Å². The van der Waals surface area contributed by atoms with Gasteiger partial charge in [0, 0.05) is 7.11 Å². The number of hydrogen-bond donors (Lipinski definition) is 1. The summed E-state index contributed by atoms with van der Waals surface area (Å²) in [5, 5.41) is 7.00. The fraction of sp³-hybridized carbons (Fsp3) is 0.111. The normalized spacial score (nSPS) is 5.80. The van der Waals surface area contributed by atoms with Gasteiger partial charge in [-0.3, -0.25) is 0 Å². The quantitative estimate of drug-likeness (QED) is 0.544. The third-order valence-corrected chi connectivity index (χ3v) is 0.667. The Bertz CT molecular complexity index is 87.6. The van der Waals surface area contributed by atoms with E-state index in [-0.39, 0.29) is 0 Å². The largest absolute Gasteiger partial charge is 0.400 e. The van der Waals surface area contributed by atoms with Gasteiger partial charge in [0.05, 0.1) is 0 Å². The van der Waals surface area contributed by atoms with Gasteiger partial charge in [-0.15, -0.1) is 13.2 Å². The van der Waals surface area contributed by atoms with Crippen LogP contribution in [0.25, 0.3) is 0 Å². The van der Waals surface area contributed by atoms with Crippen LogP contribution in [-0.2, 0) is 0 Å². The Hall–Kier alpha value is -1.08. The molecule has 0 aliphatic heterocycles. The first kappa shape index (κ1) is 11.7. The Morgan fingerprint density at radius 1 is 0.700 bits per heavy atom. The molecule has 1 rings (SSSR count). The van der Waals surface area contributed by atoms with Crippen LogP contribution in [0.4, 0.5) is 0 Å². The van der Waals surface area contributed by atoms with Crippen molar-refractivity contribution >= 4 is 0 Å². The van der Waals surface area contributed by atoms with Crippen LogP contribution in [0.15, 0.2) is 49.6 Å². The van der Waals surface area contributed by atoms with E-state index >= 15 is 0 Å². The smallest absolute Gasteiger partial charge is 0.0319 e. The van der Waals surface area contributed by atoms with E-state index in [4.69, 9.17) is 5.11 Å². The summed E-state index contributed by atoms with van der Waals surface area (Å²) < 4.78 is 0. The zero-order valence-corrected chi connectivity index (χ0v) is 6.33. The lowest BCUT2D eigenvalue weighted by molar-refractivity contribution is 0.399. The topological polar surface area (TPSA) is 20.2 Å². The van der Waals surface area contributed by atoms with E-state index in [0.717, 1.165) is 7.11 Å². The van der Waals surface area contributed by atoms with Crippen molar-refractivity contribution in [1.29, 1.82) is 0 Å². The Kier molecular flexibility index (Phi) is 18.3. The van der Waals surface area contributed by atoms with Crippen LogP contribution in [-0.4, -0.2) is 12.2 Å².